The van der Waals surface area contributed by atoms with Crippen molar-refractivity contribution in [2.75, 3.05) is 14.2 Å². The lowest BCUT2D eigenvalue weighted by Gasteiger charge is -2.06. The fourth-order valence-electron chi connectivity index (χ4n) is 2.54. The van der Waals surface area contributed by atoms with Gasteiger partial charge in [-0.3, -0.25) is 4.79 Å². The number of benzene rings is 1. The first kappa shape index (κ1) is 17.6. The van der Waals surface area contributed by atoms with E-state index in [2.05, 4.69) is 10.3 Å². The number of carbonyl (C=O) groups excluding carboxylic acids is 2. The maximum atomic E-state index is 12.4. The number of nitrogens with one attached hydrogen (secondary N) is 2. The van der Waals surface area contributed by atoms with Gasteiger partial charge >= 0.3 is 5.97 Å². The van der Waals surface area contributed by atoms with Crippen LogP contribution in [0, 0.1) is 6.92 Å². The van der Waals surface area contributed by atoms with Crippen LogP contribution >= 0.6 is 0 Å². The molecule has 6 nitrogen and oxygen atoms in total. The second kappa shape index (κ2) is 7.68. The standard InChI is InChI=1S/C18H22N2O4/c1-5-14-15(18(22)24-4)11(2)16(20-14)17(21)19-10-12-6-8-13(23-3)9-7-12/h6-9,20H,5,10H2,1-4H3,(H,19,21). The van der Waals surface area contributed by atoms with E-state index in [4.69, 9.17) is 9.47 Å². The van der Waals surface area contributed by atoms with Gasteiger partial charge in [-0.05, 0) is 36.6 Å². The molecule has 1 aromatic heterocycles. The molecule has 0 unspecified atom stereocenters. The number of H-pyrrole nitrogens is 1. The number of methoxy groups -OCH3 is 2. The van der Waals surface area contributed by atoms with Crippen molar-refractivity contribution in [1.82, 2.24) is 10.3 Å². The maximum Gasteiger partial charge on any atom is 0.339 e. The van der Waals surface area contributed by atoms with E-state index in [0.29, 0.717) is 35.5 Å². The number of esters is 1. The van der Waals surface area contributed by atoms with E-state index in [1.165, 1.54) is 7.11 Å². The van der Waals surface area contributed by atoms with Gasteiger partial charge in [0.05, 0.1) is 19.8 Å². The molecule has 0 bridgehead atoms. The van der Waals surface area contributed by atoms with Gasteiger partial charge in [-0.25, -0.2) is 4.79 Å². The van der Waals surface area contributed by atoms with E-state index < -0.39 is 5.97 Å². The van der Waals surface area contributed by atoms with Crippen molar-refractivity contribution in [3.05, 3.63) is 52.3 Å². The Kier molecular flexibility index (Phi) is 5.63. The average Bonchev–Trinajstić information content (AvgIpc) is 2.96. The minimum atomic E-state index is -0.435. The summed E-state index contributed by atoms with van der Waals surface area (Å²) in [6.45, 7) is 4.04. The van der Waals surface area contributed by atoms with Gasteiger partial charge in [0, 0.05) is 12.2 Å². The van der Waals surface area contributed by atoms with Crippen LogP contribution in [0.1, 0.15) is 44.6 Å². The molecule has 0 saturated carbocycles. The smallest absolute Gasteiger partial charge is 0.339 e. The van der Waals surface area contributed by atoms with E-state index in [1.54, 1.807) is 14.0 Å². The highest BCUT2D eigenvalue weighted by Crippen LogP contribution is 2.20. The van der Waals surface area contributed by atoms with Crippen molar-refractivity contribution in [2.45, 2.75) is 26.8 Å². The van der Waals surface area contributed by atoms with Gasteiger partial charge in [-0.15, -0.1) is 0 Å². The predicted molar refractivity (Wildman–Crippen MR) is 90.4 cm³/mol. The van der Waals surface area contributed by atoms with Crippen LogP contribution < -0.4 is 10.1 Å². The van der Waals surface area contributed by atoms with Crippen molar-refractivity contribution >= 4 is 11.9 Å². The van der Waals surface area contributed by atoms with Crippen LogP contribution in [-0.4, -0.2) is 31.1 Å². The van der Waals surface area contributed by atoms with E-state index >= 15 is 0 Å². The van der Waals surface area contributed by atoms with Gasteiger partial charge in [0.25, 0.3) is 5.91 Å². The van der Waals surface area contributed by atoms with E-state index in [1.807, 2.05) is 31.2 Å². The van der Waals surface area contributed by atoms with Crippen LogP contribution in [0.3, 0.4) is 0 Å². The molecule has 2 rings (SSSR count). The lowest BCUT2D eigenvalue weighted by atomic mass is 10.1. The zero-order valence-corrected chi connectivity index (χ0v) is 14.4. The highest BCUT2D eigenvalue weighted by Gasteiger charge is 2.23. The SMILES string of the molecule is CCc1[nH]c(C(=O)NCc2ccc(OC)cc2)c(C)c1C(=O)OC. The predicted octanol–water partition coefficient (Wildman–Crippen LogP) is 2.61. The third-order valence-electron chi connectivity index (χ3n) is 3.91. The number of hydrogen-bond donors (Lipinski definition) is 2. The van der Waals surface area contributed by atoms with Gasteiger partial charge in [0.1, 0.15) is 11.4 Å². The molecular weight excluding hydrogens is 308 g/mol. The zero-order chi connectivity index (χ0) is 17.7. The monoisotopic (exact) mass is 330 g/mol. The molecule has 1 amide bonds. The topological polar surface area (TPSA) is 80.4 Å². The Labute approximate surface area is 141 Å². The lowest BCUT2D eigenvalue weighted by Crippen LogP contribution is -2.24. The Balaban J connectivity index is 2.14. The summed E-state index contributed by atoms with van der Waals surface area (Å²) in [6, 6.07) is 7.45. The molecule has 2 N–H and O–H groups in total. The quantitative estimate of drug-likeness (QED) is 0.798. The minimum Gasteiger partial charge on any atom is -0.497 e. The molecule has 2 aromatic rings. The normalized spacial score (nSPS) is 10.3. The van der Waals surface area contributed by atoms with Crippen LogP contribution in [0.4, 0.5) is 0 Å². The van der Waals surface area contributed by atoms with E-state index in [-0.39, 0.29) is 5.91 Å². The summed E-state index contributed by atoms with van der Waals surface area (Å²) in [5.41, 5.74) is 3.09. The zero-order valence-electron chi connectivity index (χ0n) is 14.4. The van der Waals surface area contributed by atoms with Crippen molar-refractivity contribution in [3.8, 4) is 5.75 Å². The second-order valence-electron chi connectivity index (χ2n) is 5.35. The Morgan fingerprint density at radius 2 is 1.83 bits per heavy atom. The van der Waals surface area contributed by atoms with Crippen LogP contribution in [0.5, 0.6) is 5.75 Å². The molecule has 0 spiro atoms. The third-order valence-corrected chi connectivity index (χ3v) is 3.91. The first-order valence-corrected chi connectivity index (χ1v) is 7.72. The first-order valence-electron chi connectivity index (χ1n) is 7.72. The van der Waals surface area contributed by atoms with Crippen molar-refractivity contribution in [2.24, 2.45) is 0 Å². The average molecular weight is 330 g/mol. The Morgan fingerprint density at radius 3 is 2.38 bits per heavy atom. The summed E-state index contributed by atoms with van der Waals surface area (Å²) < 4.78 is 9.91. The molecule has 128 valence electrons. The largest absolute Gasteiger partial charge is 0.497 e. The molecule has 0 saturated heterocycles. The molecule has 0 radical (unpaired) electrons. The number of hydrogen-bond acceptors (Lipinski definition) is 4. The van der Waals surface area contributed by atoms with Crippen molar-refractivity contribution in [3.63, 3.8) is 0 Å². The number of amides is 1. The maximum absolute atomic E-state index is 12.4. The second-order valence-corrected chi connectivity index (χ2v) is 5.35. The highest BCUT2D eigenvalue weighted by atomic mass is 16.5. The summed E-state index contributed by atoms with van der Waals surface area (Å²) in [6.07, 6.45) is 0.608. The third kappa shape index (κ3) is 3.59. The Morgan fingerprint density at radius 1 is 1.17 bits per heavy atom. The minimum absolute atomic E-state index is 0.256. The van der Waals surface area contributed by atoms with E-state index in [9.17, 15) is 9.59 Å². The molecular formula is C18H22N2O4. The molecule has 0 fully saturated rings. The molecule has 0 aliphatic heterocycles. The van der Waals surface area contributed by atoms with Crippen LogP contribution in [0.2, 0.25) is 0 Å². The molecule has 1 aromatic carbocycles. The van der Waals surface area contributed by atoms with E-state index in [0.717, 1.165) is 11.3 Å². The van der Waals surface area contributed by atoms with Gasteiger partial charge in [0.15, 0.2) is 0 Å². The summed E-state index contributed by atoms with van der Waals surface area (Å²) in [4.78, 5) is 27.4. The summed E-state index contributed by atoms with van der Waals surface area (Å²) in [7, 11) is 2.94. The summed E-state index contributed by atoms with van der Waals surface area (Å²) in [5.74, 6) is 0.0728. The molecule has 6 heteroatoms. The van der Waals surface area contributed by atoms with Crippen molar-refractivity contribution in [1.29, 1.82) is 0 Å². The van der Waals surface area contributed by atoms with Gasteiger partial charge in [0.2, 0.25) is 0 Å². The van der Waals surface area contributed by atoms with Crippen LogP contribution in [0.15, 0.2) is 24.3 Å². The van der Waals surface area contributed by atoms with Gasteiger partial charge in [-0.1, -0.05) is 19.1 Å². The fraction of sp³-hybridized carbons (Fsp3) is 0.333. The van der Waals surface area contributed by atoms with Crippen molar-refractivity contribution < 1.29 is 19.1 Å². The molecule has 1 heterocycles. The van der Waals surface area contributed by atoms with Crippen LogP contribution in [-0.2, 0) is 17.7 Å². The van der Waals surface area contributed by atoms with Crippen LogP contribution in [0.25, 0.3) is 0 Å². The molecule has 0 atom stereocenters. The number of ether oxygens (including phenoxy) is 2. The number of aromatic nitrogens is 1. The number of rotatable bonds is 6. The summed E-state index contributed by atoms with van der Waals surface area (Å²) >= 11 is 0. The highest BCUT2D eigenvalue weighted by molar-refractivity contribution is 6.00. The summed E-state index contributed by atoms with van der Waals surface area (Å²) in [5, 5.41) is 2.85. The number of aryl methyl sites for hydroxylation is 1. The lowest BCUT2D eigenvalue weighted by molar-refractivity contribution is 0.0599. The molecule has 0 aliphatic rings. The van der Waals surface area contributed by atoms with Gasteiger partial charge in [-0.2, -0.15) is 0 Å². The van der Waals surface area contributed by atoms with Gasteiger partial charge < -0.3 is 19.8 Å². The molecule has 0 aliphatic carbocycles. The number of aromatic amines is 1. The number of carbonyl (C=O) groups is 2. The first-order chi connectivity index (χ1) is 11.5. The Bertz CT molecular complexity index is 732. The Hall–Kier alpha value is -2.76. The molecule has 24 heavy (non-hydrogen) atoms. The fourth-order valence-corrected chi connectivity index (χ4v) is 2.54.